The Morgan fingerprint density at radius 1 is 0.297 bits per heavy atom. The van der Waals surface area contributed by atoms with Crippen molar-refractivity contribution in [3.63, 3.8) is 0 Å². The highest BCUT2D eigenvalue weighted by atomic mass is 16.9. The molecule has 0 heterocycles. The first kappa shape index (κ1) is 72.5. The fourth-order valence-electron chi connectivity index (χ4n) is 8.82. The number of ether oxygens (including phenoxy) is 12. The van der Waals surface area contributed by atoms with Crippen LogP contribution < -0.4 is 0 Å². The van der Waals surface area contributed by atoms with Gasteiger partial charge < -0.3 is 56.8 Å². The first-order valence-electron chi connectivity index (χ1n) is 30.8. The lowest BCUT2D eigenvalue weighted by Gasteiger charge is -2.49. The van der Waals surface area contributed by atoms with E-state index in [1.165, 1.54) is 0 Å². The van der Waals surface area contributed by atoms with E-state index in [4.69, 9.17) is 56.8 Å². The van der Waals surface area contributed by atoms with Crippen molar-refractivity contribution in [1.29, 1.82) is 0 Å². The number of rotatable bonds is 57. The second-order valence-electron chi connectivity index (χ2n) is 19.8. The molecule has 0 aliphatic heterocycles. The summed E-state index contributed by atoms with van der Waals surface area (Å²) in [6, 6.07) is 0. The smallest absolute Gasteiger partial charge is 0.389 e. The number of hydrogen-bond acceptors (Lipinski definition) is 14. The minimum Gasteiger partial charge on any atom is -0.403 e. The second-order valence-corrected chi connectivity index (χ2v) is 19.8. The van der Waals surface area contributed by atoms with Gasteiger partial charge in [0.2, 0.25) is 0 Å². The molecule has 14 heteroatoms. The molecule has 74 heavy (non-hydrogen) atoms. The van der Waals surface area contributed by atoms with E-state index in [1.807, 2.05) is 27.7 Å². The van der Waals surface area contributed by atoms with Gasteiger partial charge in [0.25, 0.3) is 11.6 Å². The Morgan fingerprint density at radius 3 is 0.703 bits per heavy atom. The Bertz CT molecular complexity index is 1130. The Labute approximate surface area is 454 Å². The van der Waals surface area contributed by atoms with Crippen molar-refractivity contribution in [2.75, 3.05) is 66.1 Å². The van der Waals surface area contributed by atoms with Crippen molar-refractivity contribution in [3.05, 3.63) is 0 Å². The Morgan fingerprint density at radius 2 is 0.514 bits per heavy atom. The topological polar surface area (TPSA) is 145 Å². The summed E-state index contributed by atoms with van der Waals surface area (Å²) >= 11 is 0. The van der Waals surface area contributed by atoms with E-state index in [-0.39, 0.29) is 39.3 Å². The van der Waals surface area contributed by atoms with Crippen LogP contribution in [-0.2, 0) is 66.4 Å². The summed E-state index contributed by atoms with van der Waals surface area (Å²) < 4.78 is 81.2. The molecule has 442 valence electrons. The van der Waals surface area contributed by atoms with E-state index in [2.05, 4.69) is 55.4 Å². The van der Waals surface area contributed by atoms with Gasteiger partial charge in [-0.3, -0.25) is 9.59 Å². The maximum absolute atomic E-state index is 14.6. The fraction of sp³-hybridized carbons (Fsp3) is 0.967. The molecule has 0 bridgehead atoms. The molecule has 0 aromatic carbocycles. The zero-order valence-corrected chi connectivity index (χ0v) is 50.2. The maximum Gasteiger partial charge on any atom is 0.389 e. The van der Waals surface area contributed by atoms with E-state index in [0.29, 0.717) is 91.0 Å². The van der Waals surface area contributed by atoms with Gasteiger partial charge in [-0.1, -0.05) is 172 Å². The molecule has 0 fully saturated rings. The molecule has 0 saturated heterocycles. The summed E-state index contributed by atoms with van der Waals surface area (Å²) in [6.45, 7) is 28.1. The van der Waals surface area contributed by atoms with Crippen LogP contribution in [0.2, 0.25) is 0 Å². The Hall–Kier alpha value is -1.46. The zero-order valence-electron chi connectivity index (χ0n) is 50.2. The molecule has 2 atom stereocenters. The molecule has 0 aromatic heterocycles. The minimum absolute atomic E-state index is 0.0434. The highest BCUT2D eigenvalue weighted by molar-refractivity contribution is 5.71. The van der Waals surface area contributed by atoms with Gasteiger partial charge in [-0.2, -0.15) is 0 Å². The highest BCUT2D eigenvalue weighted by Gasteiger charge is 2.67. The maximum atomic E-state index is 14.6. The SMILES string of the molecule is CCCCCOC(OCCCCC)(OC(=O)CCCCC(=O)OC(OCCCCC)(OCCCCC)C(OCCCCC)(OCCCCC)C(CC)OCC)C(OCCCCC)(OCCCCC)C(CC)OCC. The Balaban J connectivity index is 7.47. The van der Waals surface area contributed by atoms with Crippen LogP contribution in [0.4, 0.5) is 0 Å². The lowest BCUT2D eigenvalue weighted by molar-refractivity contribution is -0.502. The van der Waals surface area contributed by atoms with Crippen LogP contribution in [0.5, 0.6) is 0 Å². The third kappa shape index (κ3) is 27.4. The van der Waals surface area contributed by atoms with Crippen LogP contribution in [0.3, 0.4) is 0 Å². The average Bonchev–Trinajstić information content (AvgIpc) is 3.40. The van der Waals surface area contributed by atoms with Crippen LogP contribution in [0.15, 0.2) is 0 Å². The van der Waals surface area contributed by atoms with E-state index in [0.717, 1.165) is 128 Å². The van der Waals surface area contributed by atoms with Crippen molar-refractivity contribution >= 4 is 11.9 Å². The zero-order chi connectivity index (χ0) is 55.1. The second kappa shape index (κ2) is 47.5. The molecule has 0 aliphatic rings. The van der Waals surface area contributed by atoms with Crippen molar-refractivity contribution in [2.24, 2.45) is 0 Å². The predicted molar refractivity (Wildman–Crippen MR) is 297 cm³/mol. The van der Waals surface area contributed by atoms with Crippen LogP contribution >= 0.6 is 0 Å². The third-order valence-electron chi connectivity index (χ3n) is 13.1. The first-order valence-corrected chi connectivity index (χ1v) is 30.8. The van der Waals surface area contributed by atoms with Crippen molar-refractivity contribution in [3.8, 4) is 0 Å². The van der Waals surface area contributed by atoms with Crippen LogP contribution in [0.25, 0.3) is 0 Å². The highest BCUT2D eigenvalue weighted by Crippen LogP contribution is 2.43. The molecule has 14 nitrogen and oxygen atoms in total. The number of carbonyl (C=O) groups excluding carboxylic acids is 2. The first-order chi connectivity index (χ1) is 36.0. The Kier molecular flexibility index (Phi) is 46.6. The normalized spacial score (nSPS) is 13.4. The summed E-state index contributed by atoms with van der Waals surface area (Å²) in [4.78, 5) is 29.2. The molecule has 0 aliphatic carbocycles. The van der Waals surface area contributed by atoms with Crippen molar-refractivity contribution < 1.29 is 66.4 Å². The summed E-state index contributed by atoms with van der Waals surface area (Å²) in [5, 5.41) is 0. The van der Waals surface area contributed by atoms with E-state index in [9.17, 15) is 9.59 Å². The van der Waals surface area contributed by atoms with E-state index >= 15 is 0 Å². The summed E-state index contributed by atoms with van der Waals surface area (Å²) in [6.07, 6.45) is 21.3. The van der Waals surface area contributed by atoms with E-state index < -0.39 is 47.7 Å². The predicted octanol–water partition coefficient (Wildman–Crippen LogP) is 15.6. The molecule has 0 aromatic rings. The molecular formula is C60H118O14. The molecule has 0 N–H and O–H groups in total. The quantitative estimate of drug-likeness (QED) is 0.0323. The van der Waals surface area contributed by atoms with Gasteiger partial charge in [0.05, 0.1) is 52.9 Å². The number of carbonyl (C=O) groups is 2. The lowest BCUT2D eigenvalue weighted by atomic mass is 10.0. The molecular weight excluding hydrogens is 945 g/mol. The molecule has 0 saturated carbocycles. The van der Waals surface area contributed by atoms with Gasteiger partial charge in [-0.05, 0) is 90.9 Å². The van der Waals surface area contributed by atoms with Crippen molar-refractivity contribution in [2.45, 2.75) is 311 Å². The summed E-state index contributed by atoms with van der Waals surface area (Å²) in [5.41, 5.74) is 0. The molecule has 0 radical (unpaired) electrons. The van der Waals surface area contributed by atoms with E-state index in [1.54, 1.807) is 0 Å². The monoisotopic (exact) mass is 1060 g/mol. The van der Waals surface area contributed by atoms with Gasteiger partial charge in [0.15, 0.2) is 0 Å². The summed E-state index contributed by atoms with van der Waals surface area (Å²) in [7, 11) is 0. The molecule has 0 rings (SSSR count). The largest absolute Gasteiger partial charge is 0.403 e. The van der Waals surface area contributed by atoms with Crippen LogP contribution in [0.1, 0.15) is 276 Å². The lowest BCUT2D eigenvalue weighted by Crippen LogP contribution is -2.69. The average molecular weight is 1060 g/mol. The standard InChI is InChI=1S/C60H118O14/c1-13-25-35-45-65-57(53(21-9)63-23-11,66-46-36-26-14-2)59(69-49-39-29-17-5,70-50-40-30-18-6)73-55(61)43-33-34-44-56(62)74-60(71-51-41-31-19-7,72-52-42-32-20-8)58(54(22-10)64-24-12,67-47-37-27-15-3)68-48-38-28-16-4/h53-54H,13-52H2,1-12H3. The van der Waals surface area contributed by atoms with Gasteiger partial charge in [-0.15, -0.1) is 0 Å². The number of hydrogen-bond donors (Lipinski definition) is 0. The minimum atomic E-state index is -2.09. The van der Waals surface area contributed by atoms with Gasteiger partial charge in [0.1, 0.15) is 12.2 Å². The summed E-state index contributed by atoms with van der Waals surface area (Å²) in [5.74, 6) is -8.78. The molecule has 0 spiro atoms. The van der Waals surface area contributed by atoms with Crippen LogP contribution in [-0.4, -0.2) is 114 Å². The molecule has 2 unspecified atom stereocenters. The van der Waals surface area contributed by atoms with Gasteiger partial charge in [-0.25, -0.2) is 0 Å². The van der Waals surface area contributed by atoms with Gasteiger partial charge >= 0.3 is 23.9 Å². The number of unbranched alkanes of at least 4 members (excludes halogenated alkanes) is 17. The molecule has 0 amide bonds. The fourth-order valence-corrected chi connectivity index (χ4v) is 8.82. The van der Waals surface area contributed by atoms with Crippen LogP contribution in [0, 0.1) is 0 Å². The third-order valence-corrected chi connectivity index (χ3v) is 13.1. The number of esters is 2. The van der Waals surface area contributed by atoms with Gasteiger partial charge in [0, 0.05) is 26.1 Å². The van der Waals surface area contributed by atoms with Crippen molar-refractivity contribution in [1.82, 2.24) is 0 Å².